The van der Waals surface area contributed by atoms with Crippen LogP contribution in [-0.2, 0) is 4.79 Å². The van der Waals surface area contributed by atoms with Gasteiger partial charge in [-0.2, -0.15) is 0 Å². The lowest BCUT2D eigenvalue weighted by molar-refractivity contribution is -0.402. The van der Waals surface area contributed by atoms with Crippen molar-refractivity contribution in [3.05, 3.63) is 63.5 Å². The molecule has 0 radical (unpaired) electrons. The summed E-state index contributed by atoms with van der Waals surface area (Å²) >= 11 is 0. The molecule has 0 N–H and O–H groups in total. The molecule has 3 rings (SSSR count). The molecule has 1 aromatic heterocycles. The van der Waals surface area contributed by atoms with Gasteiger partial charge in [0.25, 0.3) is 0 Å². The summed E-state index contributed by atoms with van der Waals surface area (Å²) in [7, 11) is 0. The number of hydrogen-bond donors (Lipinski definition) is 0. The van der Waals surface area contributed by atoms with Crippen LogP contribution in [0.4, 0.5) is 11.6 Å². The summed E-state index contributed by atoms with van der Waals surface area (Å²) < 4.78 is 5.02. The quantitative estimate of drug-likeness (QED) is 0.482. The van der Waals surface area contributed by atoms with E-state index < -0.39 is 10.8 Å². The number of Topliss-reactive ketones (excluding diaryl/α,β-unsaturated/α-hetero) is 1. The third-order valence-electron chi connectivity index (χ3n) is 3.25. The predicted octanol–water partition coefficient (Wildman–Crippen LogP) is 2.78. The van der Waals surface area contributed by atoms with Crippen LogP contribution in [0.2, 0.25) is 0 Å². The van der Waals surface area contributed by atoms with E-state index in [0.717, 1.165) is 0 Å². The largest absolute Gasteiger partial charge is 0.433 e. The molecule has 2 heterocycles. The summed E-state index contributed by atoms with van der Waals surface area (Å²) in [5.41, 5.74) is 1.01. The maximum Gasteiger partial charge on any atom is 0.433 e. The molecular weight excluding hydrogens is 288 g/mol. The highest BCUT2D eigenvalue weighted by Gasteiger charge is 2.34. The molecule has 0 atom stereocenters. The third-order valence-corrected chi connectivity index (χ3v) is 3.25. The highest BCUT2D eigenvalue weighted by Crippen LogP contribution is 2.35. The van der Waals surface area contributed by atoms with Crippen LogP contribution < -0.4 is 4.90 Å². The number of nitrogens with zero attached hydrogens (tertiary/aromatic N) is 2. The summed E-state index contributed by atoms with van der Waals surface area (Å²) in [4.78, 5) is 35.5. The molecule has 0 spiro atoms. The van der Waals surface area contributed by atoms with E-state index in [2.05, 4.69) is 0 Å². The average molecular weight is 298 g/mol. The second-order valence-electron chi connectivity index (χ2n) is 4.66. The Morgan fingerprint density at radius 3 is 2.64 bits per heavy atom. The summed E-state index contributed by atoms with van der Waals surface area (Å²) in [6.07, 6.45) is 1.33. The van der Waals surface area contributed by atoms with Gasteiger partial charge in [0.2, 0.25) is 11.7 Å². The van der Waals surface area contributed by atoms with Crippen LogP contribution in [0.5, 0.6) is 0 Å². The fourth-order valence-electron chi connectivity index (χ4n) is 2.35. The van der Waals surface area contributed by atoms with Crippen LogP contribution in [-0.4, -0.2) is 16.6 Å². The van der Waals surface area contributed by atoms with E-state index >= 15 is 0 Å². The second kappa shape index (κ2) is 4.96. The molecular formula is C15H10N2O5. The zero-order valence-corrected chi connectivity index (χ0v) is 11.5. The highest BCUT2D eigenvalue weighted by atomic mass is 16.6. The van der Waals surface area contributed by atoms with Crippen molar-refractivity contribution in [3.8, 4) is 0 Å². The van der Waals surface area contributed by atoms with Crippen molar-refractivity contribution < 1.29 is 18.9 Å². The van der Waals surface area contributed by atoms with Crippen LogP contribution >= 0.6 is 0 Å². The van der Waals surface area contributed by atoms with Gasteiger partial charge in [-0.15, -0.1) is 0 Å². The van der Waals surface area contributed by atoms with E-state index in [4.69, 9.17) is 4.42 Å². The summed E-state index contributed by atoms with van der Waals surface area (Å²) in [6.45, 7) is 1.34. The number of allylic oxidation sites excluding steroid dienone is 1. The summed E-state index contributed by atoms with van der Waals surface area (Å²) in [5.74, 6) is -0.950. The van der Waals surface area contributed by atoms with Crippen LogP contribution in [0, 0.1) is 10.1 Å². The number of rotatable bonds is 2. The normalized spacial score (nSPS) is 15.2. The van der Waals surface area contributed by atoms with Gasteiger partial charge in [0, 0.05) is 18.6 Å². The molecule has 0 unspecified atom stereocenters. The van der Waals surface area contributed by atoms with Crippen LogP contribution in [0.1, 0.15) is 23.0 Å². The number of anilines is 1. The van der Waals surface area contributed by atoms with Gasteiger partial charge >= 0.3 is 5.88 Å². The molecule has 1 aromatic carbocycles. The predicted molar refractivity (Wildman–Crippen MR) is 77.3 cm³/mol. The van der Waals surface area contributed by atoms with E-state index in [1.54, 1.807) is 24.3 Å². The molecule has 7 heteroatoms. The van der Waals surface area contributed by atoms with Crippen molar-refractivity contribution in [1.29, 1.82) is 0 Å². The van der Waals surface area contributed by atoms with Crippen LogP contribution in [0.15, 0.2) is 46.5 Å². The molecule has 1 amide bonds. The molecule has 1 aliphatic rings. The topological polar surface area (TPSA) is 93.7 Å². The smallest absolute Gasteiger partial charge is 0.401 e. The van der Waals surface area contributed by atoms with Crippen LogP contribution in [0.3, 0.4) is 0 Å². The number of amides is 1. The Bertz CT molecular complexity index is 834. The number of hydrogen-bond acceptors (Lipinski definition) is 5. The molecule has 7 nitrogen and oxygen atoms in total. The van der Waals surface area contributed by atoms with Crippen molar-refractivity contribution >= 4 is 29.3 Å². The van der Waals surface area contributed by atoms with Crippen molar-refractivity contribution in [2.45, 2.75) is 6.92 Å². The fourth-order valence-corrected chi connectivity index (χ4v) is 2.35. The van der Waals surface area contributed by atoms with Gasteiger partial charge in [-0.1, -0.05) is 12.1 Å². The third kappa shape index (κ3) is 2.08. The van der Waals surface area contributed by atoms with Crippen molar-refractivity contribution in [3.63, 3.8) is 0 Å². The minimum Gasteiger partial charge on any atom is -0.401 e. The number of carbonyl (C=O) groups is 2. The lowest BCUT2D eigenvalue weighted by Gasteiger charge is -2.15. The number of fused-ring (bicyclic) bond motifs is 1. The van der Waals surface area contributed by atoms with Gasteiger partial charge < -0.3 is 4.42 Å². The Balaban J connectivity index is 2.09. The number of nitro groups is 1. The fraction of sp³-hybridized carbons (Fsp3) is 0.0667. The van der Waals surface area contributed by atoms with Crippen molar-refractivity contribution in [2.24, 2.45) is 0 Å². The van der Waals surface area contributed by atoms with Gasteiger partial charge in [0.05, 0.1) is 11.8 Å². The van der Waals surface area contributed by atoms with Crippen molar-refractivity contribution in [2.75, 3.05) is 4.90 Å². The summed E-state index contributed by atoms with van der Waals surface area (Å²) in [5, 5.41) is 10.6. The first kappa shape index (κ1) is 13.7. The number of para-hydroxylation sites is 1. The van der Waals surface area contributed by atoms with Gasteiger partial charge in [0.15, 0.2) is 0 Å². The monoisotopic (exact) mass is 298 g/mol. The number of furan rings is 1. The number of carbonyl (C=O) groups excluding carboxylic acids is 2. The molecule has 1 aliphatic heterocycles. The van der Waals surface area contributed by atoms with Gasteiger partial charge in [0.1, 0.15) is 16.4 Å². The minimum atomic E-state index is -0.671. The van der Waals surface area contributed by atoms with Crippen molar-refractivity contribution in [1.82, 2.24) is 0 Å². The van der Waals surface area contributed by atoms with E-state index in [-0.39, 0.29) is 23.1 Å². The first-order valence-electron chi connectivity index (χ1n) is 6.39. The molecule has 110 valence electrons. The molecule has 0 saturated heterocycles. The van der Waals surface area contributed by atoms with Gasteiger partial charge in [-0.25, -0.2) is 0 Å². The molecule has 0 aliphatic carbocycles. The SMILES string of the molecule is CC(=O)N1C(=Cc2ccc([N+](=O)[O-])o2)C(=O)c2ccccc21. The molecule has 0 fully saturated rings. The lowest BCUT2D eigenvalue weighted by Crippen LogP contribution is -2.25. The maximum absolute atomic E-state index is 12.4. The van der Waals surface area contributed by atoms with E-state index in [0.29, 0.717) is 11.3 Å². The van der Waals surface area contributed by atoms with E-state index in [1.165, 1.54) is 30.0 Å². The molecule has 0 saturated carbocycles. The summed E-state index contributed by atoms with van der Waals surface area (Å²) in [6, 6.07) is 9.29. The maximum atomic E-state index is 12.4. The van der Waals surface area contributed by atoms with Gasteiger partial charge in [-0.05, 0) is 18.2 Å². The van der Waals surface area contributed by atoms with E-state index in [9.17, 15) is 19.7 Å². The zero-order valence-electron chi connectivity index (χ0n) is 11.5. The molecule has 22 heavy (non-hydrogen) atoms. The van der Waals surface area contributed by atoms with E-state index in [1.807, 2.05) is 0 Å². The molecule has 2 aromatic rings. The Kier molecular flexibility index (Phi) is 3.10. The average Bonchev–Trinajstić information content (AvgIpc) is 3.04. The molecule has 0 bridgehead atoms. The Hall–Kier alpha value is -3.22. The Morgan fingerprint density at radius 2 is 2.00 bits per heavy atom. The first-order chi connectivity index (χ1) is 10.5. The standard InChI is InChI=1S/C15H10N2O5/c1-9(18)16-12-5-3-2-4-11(12)15(19)13(16)8-10-6-7-14(22-10)17(20)21/h2-8H,1H3. The second-order valence-corrected chi connectivity index (χ2v) is 4.66. The number of benzene rings is 1. The zero-order chi connectivity index (χ0) is 15.9. The Labute approximate surface area is 124 Å². The minimum absolute atomic E-state index is 0.109. The lowest BCUT2D eigenvalue weighted by atomic mass is 10.1. The van der Waals surface area contributed by atoms with Crippen LogP contribution in [0.25, 0.3) is 6.08 Å². The Morgan fingerprint density at radius 1 is 1.27 bits per heavy atom. The highest BCUT2D eigenvalue weighted by molar-refractivity contribution is 6.26. The number of ketones is 1. The first-order valence-corrected chi connectivity index (χ1v) is 6.39. The van der Waals surface area contributed by atoms with Gasteiger partial charge in [-0.3, -0.25) is 24.6 Å².